The molecule has 2 aromatic carbocycles. The summed E-state index contributed by atoms with van der Waals surface area (Å²) in [5.74, 6) is -0.402. The Hall–Kier alpha value is -3.92. The lowest BCUT2D eigenvalue weighted by Crippen LogP contribution is -2.28. The molecule has 7 heteroatoms. The predicted molar refractivity (Wildman–Crippen MR) is 100 cm³/mol. The smallest absolute Gasteiger partial charge is 0.309 e. The summed E-state index contributed by atoms with van der Waals surface area (Å²) in [5.41, 5.74) is 0.948. The molecule has 0 saturated heterocycles. The second-order valence-corrected chi connectivity index (χ2v) is 5.71. The molecule has 0 spiro atoms. The van der Waals surface area contributed by atoms with Gasteiger partial charge in [-0.1, -0.05) is 18.2 Å². The van der Waals surface area contributed by atoms with Gasteiger partial charge in [0.15, 0.2) is 0 Å². The highest BCUT2D eigenvalue weighted by atomic mass is 19.1. The minimum atomic E-state index is -0.597. The molecular weight excluding hydrogens is 347 g/mol. The molecule has 2 N–H and O–H groups in total. The molecule has 2 amide bonds. The number of pyridine rings is 1. The topological polar surface area (TPSA) is 86.9 Å². The molecule has 6 nitrogen and oxygen atoms in total. The van der Waals surface area contributed by atoms with Gasteiger partial charge >= 0.3 is 6.03 Å². The monoisotopic (exact) mass is 362 g/mol. The van der Waals surface area contributed by atoms with Crippen LogP contribution < -0.4 is 16.2 Å². The molecule has 0 saturated carbocycles. The molecule has 3 aromatic rings. The number of carbonyl (C=O) groups excluding carboxylic acids is 1. The second-order valence-electron chi connectivity index (χ2n) is 5.71. The summed E-state index contributed by atoms with van der Waals surface area (Å²) in [4.78, 5) is 24.6. The van der Waals surface area contributed by atoms with Gasteiger partial charge in [-0.3, -0.25) is 4.79 Å². The van der Waals surface area contributed by atoms with E-state index in [1.165, 1.54) is 22.9 Å². The molecule has 3 rings (SSSR count). The molecule has 0 aliphatic heterocycles. The number of nitrogens with one attached hydrogen (secondary N) is 2. The fourth-order valence-corrected chi connectivity index (χ4v) is 2.48. The maximum Gasteiger partial charge on any atom is 0.323 e. The minimum absolute atomic E-state index is 0.0538. The molecule has 0 aliphatic rings. The molecule has 0 atom stereocenters. The average molecular weight is 362 g/mol. The Balaban J connectivity index is 1.73. The number of carbonyl (C=O) groups is 1. The molecular formula is C20H15FN4O2. The maximum absolute atomic E-state index is 13.8. The van der Waals surface area contributed by atoms with Crippen molar-refractivity contribution < 1.29 is 9.18 Å². The molecule has 0 radical (unpaired) electrons. The number of aromatic nitrogens is 1. The van der Waals surface area contributed by atoms with Gasteiger partial charge in [0.05, 0.1) is 18.2 Å². The van der Waals surface area contributed by atoms with E-state index < -0.39 is 17.4 Å². The zero-order valence-corrected chi connectivity index (χ0v) is 14.1. The van der Waals surface area contributed by atoms with Crippen LogP contribution in [0.25, 0.3) is 0 Å². The van der Waals surface area contributed by atoms with E-state index in [0.717, 1.165) is 0 Å². The van der Waals surface area contributed by atoms with Crippen LogP contribution in [0.3, 0.4) is 0 Å². The van der Waals surface area contributed by atoms with E-state index in [2.05, 4.69) is 10.6 Å². The van der Waals surface area contributed by atoms with Crippen LogP contribution in [-0.2, 0) is 6.54 Å². The lowest BCUT2D eigenvalue weighted by molar-refractivity contribution is 0.262. The van der Waals surface area contributed by atoms with Crippen LogP contribution in [0.4, 0.5) is 20.6 Å². The standard InChI is InChI=1S/C20H15FN4O2/c21-17-5-2-1-4-15(17)13-25-11-3-6-18(19(25)26)24-20(27)23-16-9-7-14(12-22)8-10-16/h1-11H,13H2,(H2,23,24,27). The Labute approximate surface area is 154 Å². The summed E-state index contributed by atoms with van der Waals surface area (Å²) in [5, 5.41) is 13.8. The first-order valence-electron chi connectivity index (χ1n) is 8.08. The van der Waals surface area contributed by atoms with Crippen LogP contribution in [0.2, 0.25) is 0 Å². The number of nitrogens with zero attached hydrogens (tertiary/aromatic N) is 2. The molecule has 1 aromatic heterocycles. The highest BCUT2D eigenvalue weighted by Crippen LogP contribution is 2.11. The van der Waals surface area contributed by atoms with Crippen molar-refractivity contribution >= 4 is 17.4 Å². The third-order valence-corrected chi connectivity index (χ3v) is 3.84. The fraction of sp³-hybridized carbons (Fsp3) is 0.0500. The summed E-state index contributed by atoms with van der Waals surface area (Å²) >= 11 is 0. The Morgan fingerprint density at radius 2 is 1.78 bits per heavy atom. The first-order chi connectivity index (χ1) is 13.1. The second kappa shape index (κ2) is 7.97. The van der Waals surface area contributed by atoms with Crippen LogP contribution in [-0.4, -0.2) is 10.6 Å². The number of urea groups is 1. The van der Waals surface area contributed by atoms with Gasteiger partial charge in [-0.05, 0) is 42.5 Å². The summed E-state index contributed by atoms with van der Waals surface area (Å²) in [6.07, 6.45) is 1.53. The quantitative estimate of drug-likeness (QED) is 0.744. The SMILES string of the molecule is N#Cc1ccc(NC(=O)Nc2cccn(Cc3ccccc3F)c2=O)cc1. The van der Waals surface area contributed by atoms with Crippen molar-refractivity contribution in [1.29, 1.82) is 5.26 Å². The van der Waals surface area contributed by atoms with E-state index in [1.54, 1.807) is 48.5 Å². The number of rotatable bonds is 4. The number of amides is 2. The van der Waals surface area contributed by atoms with E-state index in [-0.39, 0.29) is 12.2 Å². The van der Waals surface area contributed by atoms with Crippen LogP contribution in [0.1, 0.15) is 11.1 Å². The summed E-state index contributed by atoms with van der Waals surface area (Å²) < 4.78 is 15.1. The molecule has 0 unspecified atom stereocenters. The van der Waals surface area contributed by atoms with Gasteiger partial charge in [0.2, 0.25) is 0 Å². The molecule has 0 aliphatic carbocycles. The average Bonchev–Trinajstić information content (AvgIpc) is 2.67. The van der Waals surface area contributed by atoms with Crippen LogP contribution in [0.5, 0.6) is 0 Å². The Morgan fingerprint density at radius 3 is 2.48 bits per heavy atom. The molecule has 134 valence electrons. The lowest BCUT2D eigenvalue weighted by atomic mass is 10.2. The van der Waals surface area contributed by atoms with Crippen LogP contribution in [0.15, 0.2) is 71.7 Å². The fourth-order valence-electron chi connectivity index (χ4n) is 2.48. The molecule has 1 heterocycles. The van der Waals surface area contributed by atoms with E-state index >= 15 is 0 Å². The van der Waals surface area contributed by atoms with Crippen LogP contribution in [0, 0.1) is 17.1 Å². The maximum atomic E-state index is 13.8. The minimum Gasteiger partial charge on any atom is -0.309 e. The number of nitriles is 1. The summed E-state index contributed by atoms with van der Waals surface area (Å²) in [6, 6.07) is 17.0. The Kier molecular flexibility index (Phi) is 5.28. The lowest BCUT2D eigenvalue weighted by Gasteiger charge is -2.11. The van der Waals surface area contributed by atoms with Crippen molar-refractivity contribution in [3.05, 3.63) is 94.2 Å². The number of benzene rings is 2. The van der Waals surface area contributed by atoms with Crippen molar-refractivity contribution in [3.8, 4) is 6.07 Å². The van der Waals surface area contributed by atoms with E-state index in [4.69, 9.17) is 5.26 Å². The van der Waals surface area contributed by atoms with Gasteiger partial charge in [0, 0.05) is 17.4 Å². The van der Waals surface area contributed by atoms with Crippen LogP contribution >= 0.6 is 0 Å². The van der Waals surface area contributed by atoms with Crippen molar-refractivity contribution in [3.63, 3.8) is 0 Å². The molecule has 0 fully saturated rings. The Bertz CT molecular complexity index is 1070. The zero-order chi connectivity index (χ0) is 19.2. The van der Waals surface area contributed by atoms with Gasteiger partial charge in [-0.25, -0.2) is 9.18 Å². The number of anilines is 2. The van der Waals surface area contributed by atoms with Gasteiger partial charge in [0.1, 0.15) is 11.5 Å². The number of hydrogen-bond acceptors (Lipinski definition) is 3. The molecule has 0 bridgehead atoms. The van der Waals surface area contributed by atoms with Crippen molar-refractivity contribution in [2.24, 2.45) is 0 Å². The van der Waals surface area contributed by atoms with E-state index in [1.807, 2.05) is 6.07 Å². The third kappa shape index (κ3) is 4.38. The van der Waals surface area contributed by atoms with Crippen molar-refractivity contribution in [2.75, 3.05) is 10.6 Å². The largest absolute Gasteiger partial charge is 0.323 e. The van der Waals surface area contributed by atoms with Gasteiger partial charge in [-0.15, -0.1) is 0 Å². The predicted octanol–water partition coefficient (Wildman–Crippen LogP) is 3.55. The van der Waals surface area contributed by atoms with Gasteiger partial charge in [0.25, 0.3) is 5.56 Å². The Morgan fingerprint density at radius 1 is 1.04 bits per heavy atom. The van der Waals surface area contributed by atoms with Crippen molar-refractivity contribution in [2.45, 2.75) is 6.54 Å². The highest BCUT2D eigenvalue weighted by Gasteiger charge is 2.09. The van der Waals surface area contributed by atoms with E-state index in [9.17, 15) is 14.0 Å². The molecule has 27 heavy (non-hydrogen) atoms. The summed E-state index contributed by atoms with van der Waals surface area (Å²) in [7, 11) is 0. The normalized spacial score (nSPS) is 10.1. The van der Waals surface area contributed by atoms with E-state index in [0.29, 0.717) is 16.8 Å². The summed E-state index contributed by atoms with van der Waals surface area (Å²) in [6.45, 7) is 0.0538. The first-order valence-corrected chi connectivity index (χ1v) is 8.08. The number of hydrogen-bond donors (Lipinski definition) is 2. The van der Waals surface area contributed by atoms with Gasteiger partial charge in [-0.2, -0.15) is 5.26 Å². The highest BCUT2D eigenvalue weighted by molar-refractivity contribution is 5.99. The van der Waals surface area contributed by atoms with Gasteiger partial charge < -0.3 is 15.2 Å². The third-order valence-electron chi connectivity index (χ3n) is 3.84. The number of halogens is 1. The first kappa shape index (κ1) is 17.9. The zero-order valence-electron chi connectivity index (χ0n) is 14.1. The van der Waals surface area contributed by atoms with Crippen molar-refractivity contribution in [1.82, 2.24) is 4.57 Å².